The molecule has 11 nitrogen and oxygen atoms in total. The summed E-state index contributed by atoms with van der Waals surface area (Å²) in [5, 5.41) is 41.0. The summed E-state index contributed by atoms with van der Waals surface area (Å²) < 4.78 is 0. The highest BCUT2D eigenvalue weighted by molar-refractivity contribution is 5.98. The smallest absolute Gasteiger partial charge is 0.349 e. The third-order valence-corrected chi connectivity index (χ3v) is 2.30. The molecule has 0 fully saturated rings. The van der Waals surface area contributed by atoms with Crippen molar-refractivity contribution in [3.63, 3.8) is 0 Å². The van der Waals surface area contributed by atoms with Gasteiger partial charge in [-0.1, -0.05) is 0 Å². The van der Waals surface area contributed by atoms with E-state index in [9.17, 15) is 35.1 Å². The second kappa shape index (κ2) is 4.64. The van der Waals surface area contributed by atoms with E-state index in [0.29, 0.717) is 6.07 Å². The summed E-state index contributed by atoms with van der Waals surface area (Å²) >= 11 is 0. The molecule has 0 radical (unpaired) electrons. The van der Waals surface area contributed by atoms with Gasteiger partial charge in [-0.05, 0) is 6.92 Å². The molecule has 0 amide bonds. The standard InChI is InChI=1S/C8H5N3O8/c1-3-4(9(14)15)2-5(10(16)17)6(8(12)13)7(3)11(18)19/h2H,1H3,(H,12,13). The van der Waals surface area contributed by atoms with Gasteiger partial charge in [0, 0.05) is 0 Å². The minimum atomic E-state index is -1.91. The normalized spacial score (nSPS) is 9.95. The van der Waals surface area contributed by atoms with Crippen LogP contribution in [0.25, 0.3) is 0 Å². The number of hydrogen-bond donors (Lipinski definition) is 1. The van der Waals surface area contributed by atoms with Crippen molar-refractivity contribution < 1.29 is 24.7 Å². The molecule has 0 saturated heterocycles. The van der Waals surface area contributed by atoms with Crippen LogP contribution in [0.2, 0.25) is 0 Å². The van der Waals surface area contributed by atoms with Crippen molar-refractivity contribution in [1.82, 2.24) is 0 Å². The lowest BCUT2D eigenvalue weighted by Crippen LogP contribution is -2.10. The van der Waals surface area contributed by atoms with Gasteiger partial charge in [0.25, 0.3) is 11.4 Å². The Morgan fingerprint density at radius 3 is 1.84 bits per heavy atom. The molecule has 1 rings (SSSR count). The maximum Gasteiger partial charge on any atom is 0.349 e. The van der Waals surface area contributed by atoms with Crippen LogP contribution in [-0.2, 0) is 0 Å². The van der Waals surface area contributed by atoms with Crippen molar-refractivity contribution in [1.29, 1.82) is 0 Å². The first-order chi connectivity index (χ1) is 8.68. The molecule has 0 aliphatic heterocycles. The van der Waals surface area contributed by atoms with E-state index < -0.39 is 48.9 Å². The molecule has 0 aliphatic carbocycles. The summed E-state index contributed by atoms with van der Waals surface area (Å²) in [7, 11) is 0. The maximum atomic E-state index is 10.9. The predicted octanol–water partition coefficient (Wildman–Crippen LogP) is 1.42. The monoisotopic (exact) mass is 271 g/mol. The summed E-state index contributed by atoms with van der Waals surface area (Å²) in [5.74, 6) is -1.91. The SMILES string of the molecule is Cc1c([N+](=O)[O-])cc([N+](=O)[O-])c(C(=O)O)c1[N+](=O)[O-]. The number of carbonyl (C=O) groups is 1. The molecule has 0 aliphatic rings. The Morgan fingerprint density at radius 2 is 1.53 bits per heavy atom. The molecule has 11 heteroatoms. The number of hydrogen-bond acceptors (Lipinski definition) is 7. The van der Waals surface area contributed by atoms with E-state index in [1.165, 1.54) is 0 Å². The van der Waals surface area contributed by atoms with E-state index in [1.54, 1.807) is 0 Å². The number of nitro groups is 3. The van der Waals surface area contributed by atoms with Crippen LogP contribution in [-0.4, -0.2) is 25.8 Å². The third kappa shape index (κ3) is 2.29. The number of nitrogens with zero attached hydrogens (tertiary/aromatic N) is 3. The average molecular weight is 271 g/mol. The summed E-state index contributed by atoms with van der Waals surface area (Å²) in [5.41, 5.74) is -4.98. The Kier molecular flexibility index (Phi) is 3.41. The first-order valence-electron chi connectivity index (χ1n) is 4.52. The largest absolute Gasteiger partial charge is 0.477 e. The van der Waals surface area contributed by atoms with E-state index in [4.69, 9.17) is 5.11 Å². The van der Waals surface area contributed by atoms with Gasteiger partial charge in [-0.2, -0.15) is 0 Å². The number of benzene rings is 1. The number of carboxylic acids is 1. The summed E-state index contributed by atoms with van der Waals surface area (Å²) in [4.78, 5) is 39.6. The summed E-state index contributed by atoms with van der Waals surface area (Å²) in [6.45, 7) is 0.951. The third-order valence-electron chi connectivity index (χ3n) is 2.30. The van der Waals surface area contributed by atoms with Crippen LogP contribution in [0.15, 0.2) is 6.07 Å². The fourth-order valence-corrected chi connectivity index (χ4v) is 1.51. The van der Waals surface area contributed by atoms with Crippen molar-refractivity contribution >= 4 is 23.0 Å². The second-order valence-corrected chi connectivity index (χ2v) is 3.34. The zero-order chi connectivity index (χ0) is 14.9. The summed E-state index contributed by atoms with van der Waals surface area (Å²) in [6.07, 6.45) is 0. The Morgan fingerprint density at radius 1 is 1.05 bits per heavy atom. The molecule has 1 aromatic carbocycles. The second-order valence-electron chi connectivity index (χ2n) is 3.34. The predicted molar refractivity (Wildman–Crippen MR) is 58.1 cm³/mol. The van der Waals surface area contributed by atoms with Crippen molar-refractivity contribution in [2.24, 2.45) is 0 Å². The molecule has 1 N–H and O–H groups in total. The van der Waals surface area contributed by atoms with Gasteiger partial charge in [0.1, 0.15) is 5.56 Å². The number of nitro benzene ring substituents is 3. The zero-order valence-electron chi connectivity index (χ0n) is 9.22. The van der Waals surface area contributed by atoms with Crippen LogP contribution in [0, 0.1) is 37.3 Å². The van der Waals surface area contributed by atoms with Gasteiger partial charge in [0.15, 0.2) is 0 Å². The summed E-state index contributed by atoms with van der Waals surface area (Å²) in [6, 6.07) is 0.395. The molecular weight excluding hydrogens is 266 g/mol. The maximum absolute atomic E-state index is 10.9. The lowest BCUT2D eigenvalue weighted by atomic mass is 10.0. The highest BCUT2D eigenvalue weighted by Crippen LogP contribution is 2.37. The highest BCUT2D eigenvalue weighted by atomic mass is 16.6. The molecular formula is C8H5N3O8. The zero-order valence-corrected chi connectivity index (χ0v) is 9.22. The Labute approximate surface area is 103 Å². The minimum Gasteiger partial charge on any atom is -0.477 e. The van der Waals surface area contributed by atoms with Crippen molar-refractivity contribution in [2.75, 3.05) is 0 Å². The van der Waals surface area contributed by atoms with Gasteiger partial charge >= 0.3 is 11.7 Å². The molecule has 0 atom stereocenters. The molecule has 0 bridgehead atoms. The number of rotatable bonds is 4. The van der Waals surface area contributed by atoms with Crippen LogP contribution in [0.3, 0.4) is 0 Å². The lowest BCUT2D eigenvalue weighted by molar-refractivity contribution is -0.404. The Hall–Kier alpha value is -3.11. The van der Waals surface area contributed by atoms with Crippen molar-refractivity contribution in [3.8, 4) is 0 Å². The van der Waals surface area contributed by atoms with Gasteiger partial charge < -0.3 is 5.11 Å². The van der Waals surface area contributed by atoms with E-state index in [-0.39, 0.29) is 0 Å². The fourth-order valence-electron chi connectivity index (χ4n) is 1.51. The van der Waals surface area contributed by atoms with Crippen LogP contribution in [0.5, 0.6) is 0 Å². The Bertz CT molecular complexity index is 623. The van der Waals surface area contributed by atoms with Crippen LogP contribution < -0.4 is 0 Å². The van der Waals surface area contributed by atoms with Crippen LogP contribution in [0.1, 0.15) is 15.9 Å². The molecule has 0 heterocycles. The van der Waals surface area contributed by atoms with E-state index in [0.717, 1.165) is 6.92 Å². The molecule has 0 saturated carbocycles. The highest BCUT2D eigenvalue weighted by Gasteiger charge is 2.38. The van der Waals surface area contributed by atoms with Gasteiger partial charge in [-0.25, -0.2) is 4.79 Å². The quantitative estimate of drug-likeness (QED) is 0.633. The number of carboxylic acid groups (broad SMARTS) is 1. The molecule has 19 heavy (non-hydrogen) atoms. The van der Waals surface area contributed by atoms with Crippen molar-refractivity contribution in [2.45, 2.75) is 6.92 Å². The molecule has 0 aromatic heterocycles. The molecule has 1 aromatic rings. The van der Waals surface area contributed by atoms with Crippen LogP contribution in [0.4, 0.5) is 17.1 Å². The number of aromatic carboxylic acids is 1. The van der Waals surface area contributed by atoms with Crippen LogP contribution >= 0.6 is 0 Å². The first-order valence-corrected chi connectivity index (χ1v) is 4.52. The van der Waals surface area contributed by atoms with Gasteiger partial charge in [0.2, 0.25) is 5.56 Å². The molecule has 0 spiro atoms. The first kappa shape index (κ1) is 14.0. The topological polar surface area (TPSA) is 167 Å². The van der Waals surface area contributed by atoms with Crippen molar-refractivity contribution in [3.05, 3.63) is 47.5 Å². The molecule has 0 unspecified atom stereocenters. The van der Waals surface area contributed by atoms with Gasteiger partial charge in [0.05, 0.1) is 20.8 Å². The average Bonchev–Trinajstić information content (AvgIpc) is 2.26. The van der Waals surface area contributed by atoms with Gasteiger partial charge in [-0.15, -0.1) is 0 Å². The fraction of sp³-hybridized carbons (Fsp3) is 0.125. The van der Waals surface area contributed by atoms with E-state index in [2.05, 4.69) is 0 Å². The van der Waals surface area contributed by atoms with Gasteiger partial charge in [-0.3, -0.25) is 30.3 Å². The van der Waals surface area contributed by atoms with E-state index >= 15 is 0 Å². The van der Waals surface area contributed by atoms with E-state index in [1.807, 2.05) is 0 Å². The Balaban J connectivity index is 3.94. The minimum absolute atomic E-state index is 0.395. The molecule has 100 valence electrons. The lowest BCUT2D eigenvalue weighted by Gasteiger charge is -2.03.